The second-order valence-corrected chi connectivity index (χ2v) is 8.40. The summed E-state index contributed by atoms with van der Waals surface area (Å²) >= 11 is 4.84. The van der Waals surface area contributed by atoms with Crippen LogP contribution in [0.2, 0.25) is 0 Å². The maximum Gasteiger partial charge on any atom is 0.234 e. The molecule has 6 nitrogen and oxygen atoms in total. The number of nitrogens with zero attached hydrogens (tertiary/aromatic N) is 3. The number of rotatable bonds is 7. The zero-order valence-corrected chi connectivity index (χ0v) is 17.8. The summed E-state index contributed by atoms with van der Waals surface area (Å²) in [4.78, 5) is 12.4. The smallest absolute Gasteiger partial charge is 0.234 e. The van der Waals surface area contributed by atoms with Crippen LogP contribution in [0.1, 0.15) is 19.4 Å². The average Bonchev–Trinajstić information content (AvgIpc) is 3.25. The van der Waals surface area contributed by atoms with Gasteiger partial charge in [-0.3, -0.25) is 9.36 Å². The van der Waals surface area contributed by atoms with Gasteiger partial charge in [0.2, 0.25) is 5.91 Å². The zero-order valence-electron chi connectivity index (χ0n) is 15.4. The van der Waals surface area contributed by atoms with Crippen LogP contribution in [-0.2, 0) is 11.3 Å². The number of benzene rings is 1. The molecule has 0 bridgehead atoms. The Balaban J connectivity index is 1.70. The normalized spacial score (nSPS) is 11.1. The van der Waals surface area contributed by atoms with Crippen LogP contribution >= 0.6 is 27.7 Å². The Kier molecular flexibility index (Phi) is 6.38. The van der Waals surface area contributed by atoms with Crippen molar-refractivity contribution in [3.63, 3.8) is 0 Å². The number of nitrogens with one attached hydrogen (secondary N) is 1. The number of hydrogen-bond donors (Lipinski definition) is 1. The van der Waals surface area contributed by atoms with Crippen LogP contribution in [0, 0.1) is 12.8 Å². The van der Waals surface area contributed by atoms with E-state index in [9.17, 15) is 4.79 Å². The van der Waals surface area contributed by atoms with E-state index in [2.05, 4.69) is 45.3 Å². The van der Waals surface area contributed by atoms with Crippen molar-refractivity contribution in [2.24, 2.45) is 5.92 Å². The largest absolute Gasteiger partial charge is 0.461 e. The van der Waals surface area contributed by atoms with E-state index in [1.54, 1.807) is 6.26 Å². The molecule has 0 spiro atoms. The highest BCUT2D eigenvalue weighted by Crippen LogP contribution is 2.27. The Labute approximate surface area is 170 Å². The Bertz CT molecular complexity index is 922. The van der Waals surface area contributed by atoms with Crippen LogP contribution in [0.3, 0.4) is 0 Å². The molecule has 0 saturated heterocycles. The van der Waals surface area contributed by atoms with E-state index in [1.165, 1.54) is 11.8 Å². The fourth-order valence-electron chi connectivity index (χ4n) is 2.55. The van der Waals surface area contributed by atoms with Gasteiger partial charge in [-0.15, -0.1) is 10.2 Å². The predicted octanol–water partition coefficient (Wildman–Crippen LogP) is 5.00. The molecule has 0 radical (unpaired) electrons. The van der Waals surface area contributed by atoms with Gasteiger partial charge in [0, 0.05) is 11.0 Å². The number of thioether (sulfide) groups is 1. The molecule has 27 heavy (non-hydrogen) atoms. The molecule has 0 atom stereocenters. The van der Waals surface area contributed by atoms with Gasteiger partial charge in [0.1, 0.15) is 0 Å². The summed E-state index contributed by atoms with van der Waals surface area (Å²) in [6.45, 7) is 7.00. The maximum atomic E-state index is 12.4. The van der Waals surface area contributed by atoms with Crippen LogP contribution in [0.4, 0.5) is 5.69 Å². The quantitative estimate of drug-likeness (QED) is 0.514. The van der Waals surface area contributed by atoms with Gasteiger partial charge < -0.3 is 9.73 Å². The molecular formula is C19H21BrN4O2S. The lowest BCUT2D eigenvalue weighted by molar-refractivity contribution is -0.113. The number of anilines is 1. The van der Waals surface area contributed by atoms with E-state index in [0.717, 1.165) is 22.3 Å². The first kappa shape index (κ1) is 19.7. The van der Waals surface area contributed by atoms with Crippen molar-refractivity contribution in [1.29, 1.82) is 0 Å². The monoisotopic (exact) mass is 448 g/mol. The van der Waals surface area contributed by atoms with E-state index >= 15 is 0 Å². The van der Waals surface area contributed by atoms with Crippen molar-refractivity contribution in [2.45, 2.75) is 32.5 Å². The third-order valence-electron chi connectivity index (χ3n) is 3.74. The number of aryl methyl sites for hydroxylation is 1. The van der Waals surface area contributed by atoms with Gasteiger partial charge in [-0.05, 0) is 58.6 Å². The first-order chi connectivity index (χ1) is 12.9. The van der Waals surface area contributed by atoms with Crippen molar-refractivity contribution in [1.82, 2.24) is 14.8 Å². The van der Waals surface area contributed by atoms with Gasteiger partial charge >= 0.3 is 0 Å². The number of carbonyl (C=O) groups is 1. The van der Waals surface area contributed by atoms with Crippen LogP contribution in [0.15, 0.2) is 50.6 Å². The van der Waals surface area contributed by atoms with Crippen LogP contribution < -0.4 is 5.32 Å². The number of furan rings is 1. The lowest BCUT2D eigenvalue weighted by Crippen LogP contribution is -2.15. The number of hydrogen-bond acceptors (Lipinski definition) is 5. The molecule has 1 N–H and O–H groups in total. The third kappa shape index (κ3) is 5.01. The molecule has 0 aliphatic carbocycles. The number of halogens is 1. The Morgan fingerprint density at radius 2 is 2.15 bits per heavy atom. The summed E-state index contributed by atoms with van der Waals surface area (Å²) in [6.07, 6.45) is 1.61. The molecule has 1 aromatic carbocycles. The molecule has 2 heterocycles. The summed E-state index contributed by atoms with van der Waals surface area (Å²) in [5, 5.41) is 12.1. The molecular weight excluding hydrogens is 428 g/mol. The van der Waals surface area contributed by atoms with Gasteiger partial charge in [0.15, 0.2) is 16.7 Å². The third-order valence-corrected chi connectivity index (χ3v) is 5.36. The van der Waals surface area contributed by atoms with Gasteiger partial charge in [0.05, 0.1) is 17.7 Å². The maximum absolute atomic E-state index is 12.4. The number of aromatic nitrogens is 3. The van der Waals surface area contributed by atoms with Gasteiger partial charge in [-0.25, -0.2) is 0 Å². The molecule has 8 heteroatoms. The second-order valence-electron chi connectivity index (χ2n) is 6.61. The van der Waals surface area contributed by atoms with Gasteiger partial charge in [0.25, 0.3) is 0 Å². The van der Waals surface area contributed by atoms with Gasteiger partial charge in [-0.2, -0.15) is 0 Å². The highest BCUT2D eigenvalue weighted by molar-refractivity contribution is 9.10. The first-order valence-electron chi connectivity index (χ1n) is 8.60. The van der Waals surface area contributed by atoms with Crippen molar-refractivity contribution >= 4 is 39.3 Å². The van der Waals surface area contributed by atoms with E-state index < -0.39 is 0 Å². The number of amides is 1. The van der Waals surface area contributed by atoms with E-state index in [1.807, 2.05) is 41.8 Å². The molecule has 0 aliphatic rings. The van der Waals surface area contributed by atoms with Crippen LogP contribution in [-0.4, -0.2) is 26.4 Å². The fourth-order valence-corrected chi connectivity index (χ4v) is 3.89. The molecule has 0 aliphatic heterocycles. The van der Waals surface area contributed by atoms with Crippen LogP contribution in [0.5, 0.6) is 0 Å². The standard InChI is InChI=1S/C19H21BrN4O2S/c1-12(2)10-24-18(16-5-4-8-26-16)22-23-19(24)27-11-17(25)21-15-7-6-13(3)9-14(15)20/h4-9,12H,10-11H2,1-3H3,(H,21,25). The van der Waals surface area contributed by atoms with Crippen LogP contribution in [0.25, 0.3) is 11.6 Å². The van der Waals surface area contributed by atoms with Crippen molar-refractivity contribution in [3.8, 4) is 11.6 Å². The summed E-state index contributed by atoms with van der Waals surface area (Å²) in [7, 11) is 0. The summed E-state index contributed by atoms with van der Waals surface area (Å²) in [5.41, 5.74) is 1.88. The SMILES string of the molecule is Cc1ccc(NC(=O)CSc2nnc(-c3ccco3)n2CC(C)C)c(Br)c1. The molecule has 0 unspecified atom stereocenters. The zero-order chi connectivity index (χ0) is 19.4. The lowest BCUT2D eigenvalue weighted by Gasteiger charge is -2.12. The molecule has 0 fully saturated rings. The second kappa shape index (κ2) is 8.75. The number of carbonyl (C=O) groups excluding carboxylic acids is 1. The first-order valence-corrected chi connectivity index (χ1v) is 10.4. The topological polar surface area (TPSA) is 73.0 Å². The lowest BCUT2D eigenvalue weighted by atomic mass is 10.2. The minimum absolute atomic E-state index is 0.0943. The fraction of sp³-hybridized carbons (Fsp3) is 0.316. The molecule has 1 amide bonds. The van der Waals surface area contributed by atoms with E-state index in [-0.39, 0.29) is 11.7 Å². The Morgan fingerprint density at radius 1 is 1.33 bits per heavy atom. The Hall–Kier alpha value is -2.06. The van der Waals surface area contributed by atoms with E-state index in [4.69, 9.17) is 4.42 Å². The minimum atomic E-state index is -0.0943. The van der Waals surface area contributed by atoms with E-state index in [0.29, 0.717) is 22.7 Å². The van der Waals surface area contributed by atoms with Crippen molar-refractivity contribution < 1.29 is 9.21 Å². The van der Waals surface area contributed by atoms with Crippen molar-refractivity contribution in [2.75, 3.05) is 11.1 Å². The van der Waals surface area contributed by atoms with Crippen molar-refractivity contribution in [3.05, 3.63) is 46.6 Å². The predicted molar refractivity (Wildman–Crippen MR) is 111 cm³/mol. The summed E-state index contributed by atoms with van der Waals surface area (Å²) < 4.78 is 8.33. The summed E-state index contributed by atoms with van der Waals surface area (Å²) in [6, 6.07) is 9.50. The molecule has 0 saturated carbocycles. The Morgan fingerprint density at radius 3 is 2.81 bits per heavy atom. The summed E-state index contributed by atoms with van der Waals surface area (Å²) in [5.74, 6) is 1.91. The highest BCUT2D eigenvalue weighted by atomic mass is 79.9. The minimum Gasteiger partial charge on any atom is -0.461 e. The molecule has 142 valence electrons. The molecule has 3 aromatic rings. The highest BCUT2D eigenvalue weighted by Gasteiger charge is 2.18. The molecule has 2 aromatic heterocycles. The van der Waals surface area contributed by atoms with Gasteiger partial charge in [-0.1, -0.05) is 31.7 Å². The molecule has 3 rings (SSSR count). The average molecular weight is 449 g/mol.